The van der Waals surface area contributed by atoms with Gasteiger partial charge in [0.25, 0.3) is 0 Å². The Morgan fingerprint density at radius 1 is 1.16 bits per heavy atom. The number of carbonyl (C=O) groups excluding carboxylic acids is 1. The van der Waals surface area contributed by atoms with Crippen molar-refractivity contribution in [3.05, 3.63) is 12.7 Å². The zero-order valence-corrected chi connectivity index (χ0v) is 12.4. The molecule has 19 heavy (non-hydrogen) atoms. The predicted octanol–water partition coefficient (Wildman–Crippen LogP) is 2.97. The SMILES string of the molecule is C=CC(=O)OCCOCCOC[C@H](CC)CCCC. The molecule has 0 unspecified atom stereocenters. The van der Waals surface area contributed by atoms with E-state index in [1.54, 1.807) is 0 Å². The van der Waals surface area contributed by atoms with Gasteiger partial charge < -0.3 is 14.2 Å². The summed E-state index contributed by atoms with van der Waals surface area (Å²) in [5, 5.41) is 0. The van der Waals surface area contributed by atoms with Gasteiger partial charge in [0, 0.05) is 12.7 Å². The lowest BCUT2D eigenvalue weighted by Gasteiger charge is -2.14. The topological polar surface area (TPSA) is 44.8 Å². The second-order valence-corrected chi connectivity index (χ2v) is 4.48. The number of hydrogen-bond donors (Lipinski definition) is 0. The average Bonchev–Trinajstić information content (AvgIpc) is 2.44. The average molecular weight is 272 g/mol. The summed E-state index contributed by atoms with van der Waals surface area (Å²) in [6.07, 6.45) is 6.06. The Kier molecular flexibility index (Phi) is 12.9. The molecule has 112 valence electrons. The van der Waals surface area contributed by atoms with Crippen LogP contribution >= 0.6 is 0 Å². The van der Waals surface area contributed by atoms with Crippen molar-refractivity contribution in [3.8, 4) is 0 Å². The fourth-order valence-corrected chi connectivity index (χ4v) is 1.63. The quantitative estimate of drug-likeness (QED) is 0.294. The van der Waals surface area contributed by atoms with Crippen LogP contribution in [0.3, 0.4) is 0 Å². The standard InChI is InChI=1S/C15H28O4/c1-4-7-8-14(5-2)13-18-10-9-17-11-12-19-15(16)6-3/h6,14H,3-5,7-13H2,1-2H3/t14-/m1/s1. The summed E-state index contributed by atoms with van der Waals surface area (Å²) < 4.78 is 15.6. The maximum Gasteiger partial charge on any atom is 0.330 e. The van der Waals surface area contributed by atoms with Crippen LogP contribution in [0.4, 0.5) is 0 Å². The van der Waals surface area contributed by atoms with Crippen molar-refractivity contribution in [2.24, 2.45) is 5.92 Å². The van der Waals surface area contributed by atoms with Gasteiger partial charge in [-0.25, -0.2) is 4.79 Å². The molecule has 0 radical (unpaired) electrons. The van der Waals surface area contributed by atoms with Crippen molar-refractivity contribution in [1.82, 2.24) is 0 Å². The van der Waals surface area contributed by atoms with Gasteiger partial charge in [-0.05, 0) is 12.3 Å². The highest BCUT2D eigenvalue weighted by molar-refractivity contribution is 5.81. The molecule has 0 aliphatic carbocycles. The fourth-order valence-electron chi connectivity index (χ4n) is 1.63. The molecule has 0 aromatic rings. The van der Waals surface area contributed by atoms with Crippen molar-refractivity contribution < 1.29 is 19.0 Å². The first kappa shape index (κ1) is 18.1. The van der Waals surface area contributed by atoms with E-state index in [4.69, 9.17) is 14.2 Å². The van der Waals surface area contributed by atoms with E-state index in [1.807, 2.05) is 0 Å². The van der Waals surface area contributed by atoms with Gasteiger partial charge in [0.15, 0.2) is 0 Å². The summed E-state index contributed by atoms with van der Waals surface area (Å²) in [5.41, 5.74) is 0. The lowest BCUT2D eigenvalue weighted by atomic mass is 10.0. The molecule has 0 aromatic carbocycles. The Hall–Kier alpha value is -0.870. The normalized spacial score (nSPS) is 12.1. The lowest BCUT2D eigenvalue weighted by molar-refractivity contribution is -0.139. The number of unbranched alkanes of at least 4 members (excludes halogenated alkanes) is 1. The monoisotopic (exact) mass is 272 g/mol. The summed E-state index contributed by atoms with van der Waals surface area (Å²) in [7, 11) is 0. The Morgan fingerprint density at radius 2 is 1.84 bits per heavy atom. The van der Waals surface area contributed by atoms with Crippen LogP contribution in [0.15, 0.2) is 12.7 Å². The predicted molar refractivity (Wildman–Crippen MR) is 76.1 cm³/mol. The third-order valence-corrected chi connectivity index (χ3v) is 2.91. The smallest absolute Gasteiger partial charge is 0.330 e. The minimum absolute atomic E-state index is 0.263. The van der Waals surface area contributed by atoms with Crippen LogP contribution in [0.1, 0.15) is 39.5 Å². The molecule has 4 heteroatoms. The minimum atomic E-state index is -0.415. The maximum atomic E-state index is 10.7. The van der Waals surface area contributed by atoms with Gasteiger partial charge in [-0.15, -0.1) is 0 Å². The molecule has 0 rings (SSSR count). The van der Waals surface area contributed by atoms with E-state index in [9.17, 15) is 4.79 Å². The van der Waals surface area contributed by atoms with E-state index in [0.29, 0.717) is 25.7 Å². The molecule has 0 saturated heterocycles. The zero-order valence-electron chi connectivity index (χ0n) is 12.4. The first-order valence-electron chi connectivity index (χ1n) is 7.19. The van der Waals surface area contributed by atoms with E-state index in [-0.39, 0.29) is 6.61 Å². The number of ether oxygens (including phenoxy) is 3. The molecule has 1 atom stereocenters. The second-order valence-electron chi connectivity index (χ2n) is 4.48. The van der Waals surface area contributed by atoms with Crippen LogP contribution in [0.2, 0.25) is 0 Å². The maximum absolute atomic E-state index is 10.7. The van der Waals surface area contributed by atoms with Crippen LogP contribution in [-0.4, -0.2) is 39.0 Å². The second kappa shape index (κ2) is 13.6. The van der Waals surface area contributed by atoms with E-state index in [0.717, 1.165) is 12.7 Å². The number of esters is 1. The molecular formula is C15H28O4. The van der Waals surface area contributed by atoms with Crippen molar-refractivity contribution in [1.29, 1.82) is 0 Å². The van der Waals surface area contributed by atoms with Crippen LogP contribution in [-0.2, 0) is 19.0 Å². The van der Waals surface area contributed by atoms with E-state index >= 15 is 0 Å². The van der Waals surface area contributed by atoms with Gasteiger partial charge in [-0.2, -0.15) is 0 Å². The summed E-state index contributed by atoms with van der Waals surface area (Å²) in [5.74, 6) is 0.245. The van der Waals surface area contributed by atoms with Crippen molar-refractivity contribution >= 4 is 5.97 Å². The summed E-state index contributed by atoms with van der Waals surface area (Å²) in [6.45, 7) is 10.3. The molecule has 0 amide bonds. The molecule has 0 spiro atoms. The Bertz CT molecular complexity index is 228. The highest BCUT2D eigenvalue weighted by Crippen LogP contribution is 2.12. The number of rotatable bonds is 13. The minimum Gasteiger partial charge on any atom is -0.460 e. The summed E-state index contributed by atoms with van der Waals surface area (Å²) in [4.78, 5) is 10.7. The number of hydrogen-bond acceptors (Lipinski definition) is 4. The highest BCUT2D eigenvalue weighted by atomic mass is 16.6. The molecule has 0 heterocycles. The van der Waals surface area contributed by atoms with E-state index in [2.05, 4.69) is 20.4 Å². The largest absolute Gasteiger partial charge is 0.460 e. The van der Waals surface area contributed by atoms with Crippen LogP contribution in [0.25, 0.3) is 0 Å². The summed E-state index contributed by atoms with van der Waals surface area (Å²) in [6, 6.07) is 0. The van der Waals surface area contributed by atoms with Crippen molar-refractivity contribution in [2.45, 2.75) is 39.5 Å². The highest BCUT2D eigenvalue weighted by Gasteiger charge is 2.05. The molecule has 0 aromatic heterocycles. The van der Waals surface area contributed by atoms with Crippen LogP contribution < -0.4 is 0 Å². The van der Waals surface area contributed by atoms with Gasteiger partial charge >= 0.3 is 5.97 Å². The van der Waals surface area contributed by atoms with Crippen LogP contribution in [0.5, 0.6) is 0 Å². The van der Waals surface area contributed by atoms with Gasteiger partial charge in [0.05, 0.1) is 19.8 Å². The lowest BCUT2D eigenvalue weighted by Crippen LogP contribution is -2.14. The number of carbonyl (C=O) groups is 1. The molecule has 0 N–H and O–H groups in total. The van der Waals surface area contributed by atoms with Crippen molar-refractivity contribution in [2.75, 3.05) is 33.0 Å². The molecule has 0 aliphatic rings. The molecule has 0 aliphatic heterocycles. The molecule has 0 fully saturated rings. The molecule has 4 nitrogen and oxygen atoms in total. The first-order valence-corrected chi connectivity index (χ1v) is 7.19. The van der Waals surface area contributed by atoms with Gasteiger partial charge in [-0.3, -0.25) is 0 Å². The zero-order chi connectivity index (χ0) is 14.3. The third kappa shape index (κ3) is 11.9. The summed E-state index contributed by atoms with van der Waals surface area (Å²) >= 11 is 0. The van der Waals surface area contributed by atoms with Gasteiger partial charge in [0.2, 0.25) is 0 Å². The molecule has 0 saturated carbocycles. The van der Waals surface area contributed by atoms with Gasteiger partial charge in [-0.1, -0.05) is 39.7 Å². The Morgan fingerprint density at radius 3 is 2.47 bits per heavy atom. The fraction of sp³-hybridized carbons (Fsp3) is 0.800. The van der Waals surface area contributed by atoms with E-state index < -0.39 is 5.97 Å². The molecular weight excluding hydrogens is 244 g/mol. The van der Waals surface area contributed by atoms with Crippen LogP contribution in [0, 0.1) is 5.92 Å². The van der Waals surface area contributed by atoms with Crippen molar-refractivity contribution in [3.63, 3.8) is 0 Å². The first-order chi connectivity index (χ1) is 9.24. The Labute approximate surface area is 117 Å². The van der Waals surface area contributed by atoms with Gasteiger partial charge in [0.1, 0.15) is 6.61 Å². The molecule has 0 bridgehead atoms. The Balaban J connectivity index is 3.29. The third-order valence-electron chi connectivity index (χ3n) is 2.91. The van der Waals surface area contributed by atoms with E-state index in [1.165, 1.54) is 25.7 Å².